The van der Waals surface area contributed by atoms with Crippen molar-refractivity contribution < 1.29 is 24.8 Å². The van der Waals surface area contributed by atoms with Gasteiger partial charge in [-0.05, 0) is 56.4 Å². The maximum Gasteiger partial charge on any atom is 0.0208 e. The monoisotopic (exact) mass is 288 g/mol. The van der Waals surface area contributed by atoms with Gasteiger partial charge in [0, 0.05) is 6.54 Å². The molecule has 0 amide bonds. The van der Waals surface area contributed by atoms with Crippen LogP contribution in [0.15, 0.2) is 24.3 Å². The van der Waals surface area contributed by atoms with E-state index >= 15 is 0 Å². The molecule has 0 spiro atoms. The molecule has 2 rings (SSSR count). The molecule has 0 atom stereocenters. The van der Waals surface area contributed by atoms with Gasteiger partial charge in [-0.3, -0.25) is 0 Å². The summed E-state index contributed by atoms with van der Waals surface area (Å²) in [5.74, 6) is 0.866. The third kappa shape index (κ3) is 5.57. The van der Waals surface area contributed by atoms with Crippen LogP contribution in [0, 0.1) is 12.8 Å². The highest BCUT2D eigenvalue weighted by atomic mass is 35.5. The van der Waals surface area contributed by atoms with Crippen LogP contribution in [-0.2, 0) is 6.54 Å². The first-order chi connectivity index (χ1) is 7.86. The minimum Gasteiger partial charge on any atom is -1.00 e. The zero-order valence-electron chi connectivity index (χ0n) is 10.9. The highest BCUT2D eigenvalue weighted by molar-refractivity contribution is 5.25. The molecule has 0 aromatic heterocycles. The van der Waals surface area contributed by atoms with Crippen LogP contribution in [0.3, 0.4) is 0 Å². The summed E-state index contributed by atoms with van der Waals surface area (Å²) in [7, 11) is 0. The molecule has 1 heterocycles. The highest BCUT2D eigenvalue weighted by Crippen LogP contribution is 2.11. The van der Waals surface area contributed by atoms with E-state index in [2.05, 4.69) is 41.8 Å². The van der Waals surface area contributed by atoms with Crippen LogP contribution in [0.4, 0.5) is 0 Å². The van der Waals surface area contributed by atoms with Crippen molar-refractivity contribution >= 4 is 0 Å². The van der Waals surface area contributed by atoms with Gasteiger partial charge >= 0.3 is 0 Å². The first-order valence-electron chi connectivity index (χ1n) is 6.32. The molecule has 1 aliphatic heterocycles. The van der Waals surface area contributed by atoms with Crippen molar-refractivity contribution in [3.8, 4) is 0 Å². The lowest BCUT2D eigenvalue weighted by molar-refractivity contribution is -0.00100. The topological polar surface area (TPSA) is 24.1 Å². The lowest BCUT2D eigenvalue weighted by Crippen LogP contribution is -3.00. The van der Waals surface area contributed by atoms with Gasteiger partial charge in [0.15, 0.2) is 0 Å². The summed E-state index contributed by atoms with van der Waals surface area (Å²) in [4.78, 5) is 0. The first-order valence-corrected chi connectivity index (χ1v) is 6.32. The second kappa shape index (κ2) is 9.62. The lowest BCUT2D eigenvalue weighted by atomic mass is 9.98. The first kappa shape index (κ1) is 17.7. The molecule has 104 valence electrons. The molecule has 18 heavy (non-hydrogen) atoms. The number of nitrogens with one attached hydrogen (secondary N) is 2. The van der Waals surface area contributed by atoms with Crippen LogP contribution >= 0.6 is 0 Å². The summed E-state index contributed by atoms with van der Waals surface area (Å²) in [5, 5.41) is 6.99. The minimum atomic E-state index is 0. The Morgan fingerprint density at radius 3 is 2.50 bits per heavy atom. The molecule has 0 aliphatic carbocycles. The average Bonchev–Trinajstić information content (AvgIpc) is 2.33. The van der Waals surface area contributed by atoms with Crippen molar-refractivity contribution in [2.24, 2.45) is 5.92 Å². The third-order valence-electron chi connectivity index (χ3n) is 3.47. The molecule has 1 fully saturated rings. The number of rotatable bonds is 4. The van der Waals surface area contributed by atoms with Crippen LogP contribution in [0.5, 0.6) is 0 Å². The van der Waals surface area contributed by atoms with Crippen LogP contribution < -0.4 is 35.4 Å². The van der Waals surface area contributed by atoms with Crippen molar-refractivity contribution in [2.75, 3.05) is 19.6 Å². The normalized spacial score (nSPS) is 15.6. The van der Waals surface area contributed by atoms with Gasteiger partial charge in [-0.15, -0.1) is 0 Å². The predicted molar refractivity (Wildman–Crippen MR) is 68.5 cm³/mol. The summed E-state index contributed by atoms with van der Waals surface area (Å²) in [6.45, 7) is 6.74. The predicted octanol–water partition coefficient (Wildman–Crippen LogP) is -3.91. The summed E-state index contributed by atoms with van der Waals surface area (Å²) >= 11 is 0. The van der Waals surface area contributed by atoms with E-state index in [1.54, 1.807) is 0 Å². The number of aryl methyl sites for hydroxylation is 1. The summed E-state index contributed by atoms with van der Waals surface area (Å²) in [5.41, 5.74) is 2.82. The number of piperidine rings is 1. The molecule has 1 aliphatic rings. The molecule has 0 unspecified atom stereocenters. The molecule has 2 N–H and O–H groups in total. The number of halogens is 2. The molecule has 0 radical (unpaired) electrons. The minimum absolute atomic E-state index is 0. The maximum atomic E-state index is 3.58. The second-order valence-electron chi connectivity index (χ2n) is 4.75. The standard InChI is InChI=1S/C14H22N2.2ClH/c1-12-4-2-3-5-14(12)11-16-10-13-6-8-15-9-7-13;;/h2-5,13,15-16H,6-11H2,1H3;2*1H/p-2. The van der Waals surface area contributed by atoms with Gasteiger partial charge in [-0.25, -0.2) is 0 Å². The Hall–Kier alpha value is -0.280. The molecular formula is C14H22Cl2N2-2. The lowest BCUT2D eigenvalue weighted by Gasteiger charge is -2.23. The van der Waals surface area contributed by atoms with Crippen LogP contribution in [0.1, 0.15) is 24.0 Å². The van der Waals surface area contributed by atoms with E-state index in [0.29, 0.717) is 0 Å². The van der Waals surface area contributed by atoms with Gasteiger partial charge in [-0.1, -0.05) is 24.3 Å². The molecule has 1 aromatic carbocycles. The summed E-state index contributed by atoms with van der Waals surface area (Å²) in [6, 6.07) is 8.62. The van der Waals surface area contributed by atoms with Crippen LogP contribution in [-0.4, -0.2) is 19.6 Å². The smallest absolute Gasteiger partial charge is 0.0208 e. The SMILES string of the molecule is Cc1ccccc1CNCC1CCNCC1.[Cl-].[Cl-]. The molecule has 4 heteroatoms. The van der Waals surface area contributed by atoms with E-state index in [-0.39, 0.29) is 24.8 Å². The molecule has 1 aromatic rings. The largest absolute Gasteiger partial charge is 1.00 e. The fourth-order valence-corrected chi connectivity index (χ4v) is 2.31. The van der Waals surface area contributed by atoms with Crippen molar-refractivity contribution in [3.05, 3.63) is 35.4 Å². The Morgan fingerprint density at radius 1 is 1.17 bits per heavy atom. The van der Waals surface area contributed by atoms with E-state index in [9.17, 15) is 0 Å². The van der Waals surface area contributed by atoms with Gasteiger partial charge in [-0.2, -0.15) is 0 Å². The number of benzene rings is 1. The summed E-state index contributed by atoms with van der Waals surface area (Å²) < 4.78 is 0. The van der Waals surface area contributed by atoms with Gasteiger partial charge < -0.3 is 35.4 Å². The molecule has 0 bridgehead atoms. The van der Waals surface area contributed by atoms with E-state index in [0.717, 1.165) is 19.0 Å². The summed E-state index contributed by atoms with van der Waals surface area (Å²) in [6.07, 6.45) is 2.64. The van der Waals surface area contributed by atoms with Crippen LogP contribution in [0.2, 0.25) is 0 Å². The van der Waals surface area contributed by atoms with Gasteiger partial charge in [0.05, 0.1) is 0 Å². The van der Waals surface area contributed by atoms with E-state index in [4.69, 9.17) is 0 Å². The highest BCUT2D eigenvalue weighted by Gasteiger charge is 2.11. The molecular weight excluding hydrogens is 267 g/mol. The third-order valence-corrected chi connectivity index (χ3v) is 3.47. The quantitative estimate of drug-likeness (QED) is 0.592. The molecule has 0 saturated carbocycles. The Bertz CT molecular complexity index is 325. The van der Waals surface area contributed by atoms with Crippen molar-refractivity contribution in [1.29, 1.82) is 0 Å². The van der Waals surface area contributed by atoms with Crippen LogP contribution in [0.25, 0.3) is 0 Å². The second-order valence-corrected chi connectivity index (χ2v) is 4.75. The Morgan fingerprint density at radius 2 is 1.83 bits per heavy atom. The molecule has 1 saturated heterocycles. The number of hydrogen-bond donors (Lipinski definition) is 2. The van der Waals surface area contributed by atoms with Crippen molar-refractivity contribution in [2.45, 2.75) is 26.3 Å². The van der Waals surface area contributed by atoms with E-state index in [1.807, 2.05) is 0 Å². The van der Waals surface area contributed by atoms with E-state index < -0.39 is 0 Å². The van der Waals surface area contributed by atoms with Gasteiger partial charge in [0.1, 0.15) is 0 Å². The Balaban J connectivity index is 0.00000144. The molecule has 2 nitrogen and oxygen atoms in total. The fourth-order valence-electron chi connectivity index (χ4n) is 2.31. The zero-order chi connectivity index (χ0) is 11.2. The zero-order valence-corrected chi connectivity index (χ0v) is 12.4. The van der Waals surface area contributed by atoms with Gasteiger partial charge in [0.25, 0.3) is 0 Å². The van der Waals surface area contributed by atoms with Crippen molar-refractivity contribution in [3.63, 3.8) is 0 Å². The van der Waals surface area contributed by atoms with Crippen molar-refractivity contribution in [1.82, 2.24) is 10.6 Å². The van der Waals surface area contributed by atoms with Gasteiger partial charge in [0.2, 0.25) is 0 Å². The fraction of sp³-hybridized carbons (Fsp3) is 0.571. The maximum absolute atomic E-state index is 3.58. The Kier molecular flexibility index (Phi) is 9.47. The average molecular weight is 289 g/mol. The Labute approximate surface area is 123 Å². The van der Waals surface area contributed by atoms with E-state index in [1.165, 1.54) is 37.1 Å². The number of hydrogen-bond acceptors (Lipinski definition) is 2.